The van der Waals surface area contributed by atoms with Crippen molar-refractivity contribution in [3.05, 3.63) is 86.9 Å². The molecule has 0 saturated heterocycles. The van der Waals surface area contributed by atoms with Gasteiger partial charge in [0.15, 0.2) is 11.5 Å². The van der Waals surface area contributed by atoms with Crippen LogP contribution in [0.2, 0.25) is 15.1 Å². The SMILES string of the molecule is CCOc1cccc(CNc2ccc(Cl)c(Cl)c2)c1OCc1ccccc1Cl. The van der Waals surface area contributed by atoms with Crippen molar-refractivity contribution in [2.45, 2.75) is 20.1 Å². The topological polar surface area (TPSA) is 30.5 Å². The highest BCUT2D eigenvalue weighted by Crippen LogP contribution is 2.34. The van der Waals surface area contributed by atoms with E-state index in [4.69, 9.17) is 44.3 Å². The van der Waals surface area contributed by atoms with E-state index in [-0.39, 0.29) is 0 Å². The zero-order valence-corrected chi connectivity index (χ0v) is 17.6. The molecule has 6 heteroatoms. The molecule has 0 radical (unpaired) electrons. The van der Waals surface area contributed by atoms with E-state index in [0.29, 0.717) is 46.3 Å². The maximum atomic E-state index is 6.25. The van der Waals surface area contributed by atoms with E-state index < -0.39 is 0 Å². The molecule has 3 aromatic carbocycles. The minimum absolute atomic E-state index is 0.351. The van der Waals surface area contributed by atoms with Crippen molar-refractivity contribution in [2.24, 2.45) is 0 Å². The summed E-state index contributed by atoms with van der Waals surface area (Å²) in [7, 11) is 0. The van der Waals surface area contributed by atoms with Crippen LogP contribution in [0.5, 0.6) is 11.5 Å². The van der Waals surface area contributed by atoms with Crippen molar-refractivity contribution >= 4 is 40.5 Å². The van der Waals surface area contributed by atoms with Gasteiger partial charge in [0.25, 0.3) is 0 Å². The first-order valence-corrected chi connectivity index (χ1v) is 10.0. The number of nitrogens with one attached hydrogen (secondary N) is 1. The van der Waals surface area contributed by atoms with E-state index in [9.17, 15) is 0 Å². The summed E-state index contributed by atoms with van der Waals surface area (Å²) in [5.74, 6) is 1.39. The van der Waals surface area contributed by atoms with Crippen molar-refractivity contribution in [2.75, 3.05) is 11.9 Å². The van der Waals surface area contributed by atoms with Gasteiger partial charge in [0.1, 0.15) is 6.61 Å². The molecular weight excluding hydrogens is 417 g/mol. The molecule has 3 rings (SSSR count). The van der Waals surface area contributed by atoms with Crippen LogP contribution in [0.15, 0.2) is 60.7 Å². The fourth-order valence-electron chi connectivity index (χ4n) is 2.70. The largest absolute Gasteiger partial charge is 0.490 e. The number of hydrogen-bond acceptors (Lipinski definition) is 3. The molecule has 0 aromatic heterocycles. The molecule has 0 aliphatic carbocycles. The van der Waals surface area contributed by atoms with Crippen molar-refractivity contribution in [1.29, 1.82) is 0 Å². The lowest BCUT2D eigenvalue weighted by molar-refractivity contribution is 0.267. The summed E-state index contributed by atoms with van der Waals surface area (Å²) in [6.45, 7) is 3.38. The Morgan fingerprint density at radius 2 is 1.57 bits per heavy atom. The van der Waals surface area contributed by atoms with Gasteiger partial charge in [-0.05, 0) is 37.3 Å². The Morgan fingerprint density at radius 3 is 2.32 bits per heavy atom. The third kappa shape index (κ3) is 5.26. The number of anilines is 1. The second-order valence-electron chi connectivity index (χ2n) is 6.04. The van der Waals surface area contributed by atoms with Gasteiger partial charge in [-0.3, -0.25) is 0 Å². The van der Waals surface area contributed by atoms with Crippen LogP contribution in [0.25, 0.3) is 0 Å². The quantitative estimate of drug-likeness (QED) is 0.404. The second-order valence-corrected chi connectivity index (χ2v) is 7.26. The first-order chi connectivity index (χ1) is 13.6. The first kappa shape index (κ1) is 20.7. The molecule has 0 saturated carbocycles. The Labute approximate surface area is 180 Å². The van der Waals surface area contributed by atoms with Crippen LogP contribution in [-0.4, -0.2) is 6.61 Å². The summed E-state index contributed by atoms with van der Waals surface area (Å²) in [5.41, 5.74) is 2.75. The van der Waals surface area contributed by atoms with E-state index in [1.807, 2.05) is 55.5 Å². The lowest BCUT2D eigenvalue weighted by Gasteiger charge is -2.17. The second kappa shape index (κ2) is 9.92. The average Bonchev–Trinajstić information content (AvgIpc) is 2.69. The summed E-state index contributed by atoms with van der Waals surface area (Å²) in [5, 5.41) is 5.04. The van der Waals surface area contributed by atoms with Gasteiger partial charge >= 0.3 is 0 Å². The lowest BCUT2D eigenvalue weighted by atomic mass is 10.1. The maximum Gasteiger partial charge on any atom is 0.166 e. The van der Waals surface area contributed by atoms with Crippen LogP contribution in [-0.2, 0) is 13.2 Å². The Bertz CT molecular complexity index is 947. The predicted octanol–water partition coefficient (Wildman–Crippen LogP) is 7.24. The number of halogens is 3. The molecule has 0 bridgehead atoms. The Hall–Kier alpha value is -2.07. The van der Waals surface area contributed by atoms with Gasteiger partial charge in [0.2, 0.25) is 0 Å². The zero-order chi connectivity index (χ0) is 19.9. The van der Waals surface area contributed by atoms with Gasteiger partial charge in [-0.2, -0.15) is 0 Å². The summed E-state index contributed by atoms with van der Waals surface area (Å²) < 4.78 is 11.9. The van der Waals surface area contributed by atoms with Crippen LogP contribution in [0.4, 0.5) is 5.69 Å². The summed E-state index contributed by atoms with van der Waals surface area (Å²) in [4.78, 5) is 0. The van der Waals surface area contributed by atoms with Gasteiger partial charge in [0, 0.05) is 28.4 Å². The fourth-order valence-corrected chi connectivity index (χ4v) is 3.19. The minimum Gasteiger partial charge on any atom is -0.490 e. The fraction of sp³-hybridized carbons (Fsp3) is 0.182. The van der Waals surface area contributed by atoms with Gasteiger partial charge < -0.3 is 14.8 Å². The number of para-hydroxylation sites is 1. The molecule has 3 nitrogen and oxygen atoms in total. The Morgan fingerprint density at radius 1 is 0.786 bits per heavy atom. The van der Waals surface area contributed by atoms with E-state index in [0.717, 1.165) is 16.8 Å². The van der Waals surface area contributed by atoms with Gasteiger partial charge in [-0.1, -0.05) is 65.1 Å². The lowest BCUT2D eigenvalue weighted by Crippen LogP contribution is -2.06. The normalized spacial score (nSPS) is 10.6. The van der Waals surface area contributed by atoms with Crippen molar-refractivity contribution in [3.63, 3.8) is 0 Å². The van der Waals surface area contributed by atoms with Crippen molar-refractivity contribution < 1.29 is 9.47 Å². The minimum atomic E-state index is 0.351. The number of ether oxygens (including phenoxy) is 2. The molecule has 146 valence electrons. The highest BCUT2D eigenvalue weighted by Gasteiger charge is 2.12. The molecule has 28 heavy (non-hydrogen) atoms. The van der Waals surface area contributed by atoms with Gasteiger partial charge in [-0.15, -0.1) is 0 Å². The molecule has 0 fully saturated rings. The molecule has 0 atom stereocenters. The van der Waals surface area contributed by atoms with Crippen LogP contribution >= 0.6 is 34.8 Å². The average molecular weight is 437 g/mol. The van der Waals surface area contributed by atoms with E-state index >= 15 is 0 Å². The number of benzene rings is 3. The molecule has 0 aliphatic heterocycles. The molecular formula is C22H20Cl3NO2. The Balaban J connectivity index is 1.80. The predicted molar refractivity (Wildman–Crippen MR) is 117 cm³/mol. The first-order valence-electron chi connectivity index (χ1n) is 8.88. The van der Waals surface area contributed by atoms with Crippen molar-refractivity contribution in [1.82, 2.24) is 0 Å². The zero-order valence-electron chi connectivity index (χ0n) is 15.3. The molecule has 0 unspecified atom stereocenters. The molecule has 0 spiro atoms. The summed E-state index contributed by atoms with van der Waals surface area (Å²) in [6.07, 6.45) is 0. The highest BCUT2D eigenvalue weighted by atomic mass is 35.5. The summed E-state index contributed by atoms with van der Waals surface area (Å²) >= 11 is 18.3. The smallest absolute Gasteiger partial charge is 0.166 e. The third-order valence-corrected chi connectivity index (χ3v) is 5.20. The molecule has 0 heterocycles. The molecule has 0 aliphatic rings. The van der Waals surface area contributed by atoms with Crippen LogP contribution in [0.3, 0.4) is 0 Å². The standard InChI is InChI=1S/C22H20Cl3NO2/c1-2-27-21-9-5-7-15(13-26-17-10-11-19(24)20(25)12-17)22(21)28-14-16-6-3-4-8-18(16)23/h3-12,26H,2,13-14H2,1H3. The maximum absolute atomic E-state index is 6.25. The van der Waals surface area contributed by atoms with Crippen molar-refractivity contribution in [3.8, 4) is 11.5 Å². The number of rotatable bonds is 8. The van der Waals surface area contributed by atoms with Crippen LogP contribution in [0, 0.1) is 0 Å². The molecule has 1 N–H and O–H groups in total. The molecule has 0 amide bonds. The summed E-state index contributed by atoms with van der Waals surface area (Å²) in [6, 6.07) is 18.9. The molecule has 3 aromatic rings. The highest BCUT2D eigenvalue weighted by molar-refractivity contribution is 6.42. The van der Waals surface area contributed by atoms with Gasteiger partial charge in [-0.25, -0.2) is 0 Å². The number of hydrogen-bond donors (Lipinski definition) is 1. The Kier molecular flexibility index (Phi) is 7.32. The van der Waals surface area contributed by atoms with E-state index in [1.165, 1.54) is 0 Å². The van der Waals surface area contributed by atoms with Crippen LogP contribution in [0.1, 0.15) is 18.1 Å². The van der Waals surface area contributed by atoms with E-state index in [2.05, 4.69) is 5.32 Å². The van der Waals surface area contributed by atoms with Crippen LogP contribution < -0.4 is 14.8 Å². The monoisotopic (exact) mass is 435 g/mol. The van der Waals surface area contributed by atoms with E-state index in [1.54, 1.807) is 12.1 Å². The third-order valence-electron chi connectivity index (χ3n) is 4.09. The van der Waals surface area contributed by atoms with Gasteiger partial charge in [0.05, 0.1) is 16.7 Å².